The van der Waals surface area contributed by atoms with Crippen molar-refractivity contribution in [3.05, 3.63) is 72.2 Å². The molecule has 0 aliphatic carbocycles. The molecule has 1 fully saturated rings. The standard InChI is InChI=1S/C32H39N3S2/c1-5-21(2)19-37(3,4)20-30-31(36-30)32-34-18-29(35-32)23-10-8-22(9-11-23)24-12-14-26-25(17-24)13-15-28-27(26)7-6-16-33-28/h8-15,17-18,21,30-31,33H,5-7,16,19-20H2,1-4H3,(H,34,35). The van der Waals surface area contributed by atoms with Gasteiger partial charge in [0.2, 0.25) is 0 Å². The van der Waals surface area contributed by atoms with Crippen LogP contribution in [0.4, 0.5) is 5.69 Å². The number of aromatic nitrogens is 2. The van der Waals surface area contributed by atoms with Gasteiger partial charge in [-0.1, -0.05) is 62.7 Å². The molecule has 1 saturated heterocycles. The third-order valence-electron chi connectivity index (χ3n) is 8.08. The van der Waals surface area contributed by atoms with Crippen molar-refractivity contribution in [2.45, 2.75) is 43.6 Å². The molecule has 3 atom stereocenters. The van der Waals surface area contributed by atoms with E-state index in [0.717, 1.165) is 35.7 Å². The van der Waals surface area contributed by atoms with Crippen LogP contribution in [0, 0.1) is 5.92 Å². The molecule has 4 aromatic rings. The number of aryl methyl sites for hydroxylation is 1. The first-order valence-electron chi connectivity index (χ1n) is 13.7. The zero-order valence-corrected chi connectivity index (χ0v) is 24.1. The number of H-pyrrole nitrogens is 1. The van der Waals surface area contributed by atoms with E-state index in [1.807, 2.05) is 6.20 Å². The van der Waals surface area contributed by atoms with Crippen molar-refractivity contribution in [1.82, 2.24) is 9.97 Å². The van der Waals surface area contributed by atoms with Crippen molar-refractivity contribution in [3.63, 3.8) is 0 Å². The zero-order chi connectivity index (χ0) is 25.6. The van der Waals surface area contributed by atoms with Gasteiger partial charge in [0.1, 0.15) is 5.82 Å². The van der Waals surface area contributed by atoms with Crippen LogP contribution in [0.25, 0.3) is 33.2 Å². The summed E-state index contributed by atoms with van der Waals surface area (Å²) >= 11 is 2.09. The number of benzene rings is 3. The van der Waals surface area contributed by atoms with E-state index in [2.05, 4.69) is 103 Å². The number of fused-ring (bicyclic) bond motifs is 3. The molecule has 5 heteroatoms. The Hall–Kier alpha value is -2.37. The number of hydrogen-bond acceptors (Lipinski definition) is 3. The van der Waals surface area contributed by atoms with Gasteiger partial charge in [0, 0.05) is 17.5 Å². The average Bonchev–Trinajstić information content (AvgIpc) is 3.48. The highest BCUT2D eigenvalue weighted by atomic mass is 32.3. The second-order valence-electron chi connectivity index (χ2n) is 11.5. The molecule has 0 bridgehead atoms. The van der Waals surface area contributed by atoms with E-state index in [-0.39, 0.29) is 0 Å². The number of nitrogens with zero attached hydrogens (tertiary/aromatic N) is 1. The first-order chi connectivity index (χ1) is 17.9. The molecule has 194 valence electrons. The van der Waals surface area contributed by atoms with Gasteiger partial charge in [0.05, 0.1) is 17.1 Å². The van der Waals surface area contributed by atoms with Gasteiger partial charge in [-0.25, -0.2) is 15.0 Å². The Kier molecular flexibility index (Phi) is 6.79. The molecule has 2 aliphatic rings. The Bertz CT molecular complexity index is 1410. The molecule has 1 aromatic heterocycles. The number of aromatic amines is 1. The second kappa shape index (κ2) is 10.1. The zero-order valence-electron chi connectivity index (χ0n) is 22.5. The van der Waals surface area contributed by atoms with Crippen molar-refractivity contribution in [3.8, 4) is 22.4 Å². The fourth-order valence-corrected chi connectivity index (χ4v) is 11.2. The molecule has 0 radical (unpaired) electrons. The fourth-order valence-electron chi connectivity index (χ4n) is 5.88. The SMILES string of the molecule is CCC(C)CS(C)(C)CC1SC1c1ncc(-c2ccc(-c3ccc4c5c(ccc4c3)NCCC5)cc2)[nH]1. The lowest BCUT2D eigenvalue weighted by atomic mass is 9.93. The van der Waals surface area contributed by atoms with Crippen LogP contribution < -0.4 is 5.32 Å². The van der Waals surface area contributed by atoms with Crippen LogP contribution in [-0.4, -0.2) is 45.8 Å². The van der Waals surface area contributed by atoms with E-state index >= 15 is 0 Å². The van der Waals surface area contributed by atoms with Crippen LogP contribution in [0.5, 0.6) is 0 Å². The minimum absolute atomic E-state index is 0.531. The highest BCUT2D eigenvalue weighted by molar-refractivity contribution is 8.33. The van der Waals surface area contributed by atoms with E-state index < -0.39 is 10.0 Å². The molecule has 6 rings (SSSR count). The topological polar surface area (TPSA) is 40.7 Å². The van der Waals surface area contributed by atoms with Crippen LogP contribution in [0.1, 0.15) is 43.3 Å². The summed E-state index contributed by atoms with van der Waals surface area (Å²) in [6.45, 7) is 5.80. The highest BCUT2D eigenvalue weighted by Gasteiger charge is 2.43. The summed E-state index contributed by atoms with van der Waals surface area (Å²) in [7, 11) is -0.531. The molecule has 3 nitrogen and oxygen atoms in total. The lowest BCUT2D eigenvalue weighted by molar-refractivity contribution is 0.633. The van der Waals surface area contributed by atoms with E-state index in [1.165, 1.54) is 63.1 Å². The van der Waals surface area contributed by atoms with Gasteiger partial charge in [-0.05, 0) is 87.9 Å². The summed E-state index contributed by atoms with van der Waals surface area (Å²) in [5.41, 5.74) is 7.63. The molecular formula is C32H39N3S2. The Labute approximate surface area is 227 Å². The van der Waals surface area contributed by atoms with Crippen molar-refractivity contribution in [1.29, 1.82) is 0 Å². The number of imidazole rings is 1. The molecule has 0 saturated carbocycles. The smallest absolute Gasteiger partial charge is 0.120 e. The third kappa shape index (κ3) is 5.31. The lowest BCUT2D eigenvalue weighted by Crippen LogP contribution is -2.15. The van der Waals surface area contributed by atoms with Crippen LogP contribution in [-0.2, 0) is 6.42 Å². The summed E-state index contributed by atoms with van der Waals surface area (Å²) in [5, 5.41) is 7.52. The Morgan fingerprint density at radius 2 is 1.81 bits per heavy atom. The predicted molar refractivity (Wildman–Crippen MR) is 167 cm³/mol. The van der Waals surface area contributed by atoms with E-state index in [4.69, 9.17) is 4.98 Å². The summed E-state index contributed by atoms with van der Waals surface area (Å²) < 4.78 is 0. The predicted octanol–water partition coefficient (Wildman–Crippen LogP) is 8.52. The first kappa shape index (κ1) is 24.9. The number of anilines is 1. The van der Waals surface area contributed by atoms with E-state index in [9.17, 15) is 0 Å². The number of thioether (sulfide) groups is 1. The van der Waals surface area contributed by atoms with E-state index in [1.54, 1.807) is 0 Å². The molecular weight excluding hydrogens is 491 g/mol. The molecule has 0 amide bonds. The Morgan fingerprint density at radius 1 is 1.03 bits per heavy atom. The minimum Gasteiger partial charge on any atom is -0.385 e. The van der Waals surface area contributed by atoms with Gasteiger partial charge in [-0.2, -0.15) is 0 Å². The lowest BCUT2D eigenvalue weighted by Gasteiger charge is -2.33. The molecule has 0 spiro atoms. The van der Waals surface area contributed by atoms with Gasteiger partial charge in [0.25, 0.3) is 0 Å². The fraction of sp³-hybridized carbons (Fsp3) is 0.406. The molecule has 37 heavy (non-hydrogen) atoms. The summed E-state index contributed by atoms with van der Waals surface area (Å²) in [5.74, 6) is 4.73. The monoisotopic (exact) mass is 529 g/mol. The van der Waals surface area contributed by atoms with Crippen molar-refractivity contribution in [2.24, 2.45) is 5.92 Å². The van der Waals surface area contributed by atoms with Crippen molar-refractivity contribution < 1.29 is 0 Å². The largest absolute Gasteiger partial charge is 0.385 e. The molecule has 2 N–H and O–H groups in total. The first-order valence-corrected chi connectivity index (χ1v) is 17.4. The maximum atomic E-state index is 4.79. The van der Waals surface area contributed by atoms with Crippen LogP contribution in [0.3, 0.4) is 0 Å². The number of rotatable bonds is 8. The number of nitrogens with one attached hydrogen (secondary N) is 2. The van der Waals surface area contributed by atoms with E-state index in [0.29, 0.717) is 5.25 Å². The summed E-state index contributed by atoms with van der Waals surface area (Å²) in [6, 6.07) is 20.4. The van der Waals surface area contributed by atoms with Gasteiger partial charge in [0.15, 0.2) is 0 Å². The minimum atomic E-state index is -0.531. The quantitative estimate of drug-likeness (QED) is 0.225. The van der Waals surface area contributed by atoms with Crippen LogP contribution >= 0.6 is 21.8 Å². The number of hydrogen-bond donors (Lipinski definition) is 2. The molecule has 2 aliphatic heterocycles. The highest BCUT2D eigenvalue weighted by Crippen LogP contribution is 2.60. The van der Waals surface area contributed by atoms with Crippen LogP contribution in [0.15, 0.2) is 60.8 Å². The van der Waals surface area contributed by atoms with Gasteiger partial charge < -0.3 is 10.3 Å². The maximum absolute atomic E-state index is 4.79. The van der Waals surface area contributed by atoms with Gasteiger partial charge in [-0.3, -0.25) is 0 Å². The molecule has 3 aromatic carbocycles. The Morgan fingerprint density at radius 3 is 2.62 bits per heavy atom. The van der Waals surface area contributed by atoms with Crippen molar-refractivity contribution in [2.75, 3.05) is 35.9 Å². The Balaban J connectivity index is 1.14. The maximum Gasteiger partial charge on any atom is 0.120 e. The van der Waals surface area contributed by atoms with Gasteiger partial charge >= 0.3 is 0 Å². The third-order valence-corrected chi connectivity index (χ3v) is 12.3. The second-order valence-corrected chi connectivity index (χ2v) is 17.1. The average molecular weight is 530 g/mol. The summed E-state index contributed by atoms with van der Waals surface area (Å²) in [4.78, 5) is 8.43. The van der Waals surface area contributed by atoms with Crippen molar-refractivity contribution >= 4 is 38.2 Å². The molecule has 3 unspecified atom stereocenters. The van der Waals surface area contributed by atoms with Gasteiger partial charge in [-0.15, -0.1) is 11.8 Å². The summed E-state index contributed by atoms with van der Waals surface area (Å²) in [6.07, 6.45) is 10.7. The normalized spacial score (nSPS) is 20.3. The van der Waals surface area contributed by atoms with Crippen LogP contribution in [0.2, 0.25) is 0 Å². The molecule has 3 heterocycles.